The highest BCUT2D eigenvalue weighted by molar-refractivity contribution is 7.91. The first-order valence-corrected chi connectivity index (χ1v) is 9.57. The Kier molecular flexibility index (Phi) is 4.29. The Hall–Kier alpha value is -1.36. The van der Waals surface area contributed by atoms with E-state index < -0.39 is 9.84 Å². The van der Waals surface area contributed by atoms with Gasteiger partial charge in [-0.15, -0.1) is 0 Å². The van der Waals surface area contributed by atoms with Gasteiger partial charge in [-0.05, 0) is 44.2 Å². The minimum Gasteiger partial charge on any atom is -0.261 e. The average molecular weight is 306 g/mol. The molecule has 2 aliphatic rings. The molecule has 1 aliphatic carbocycles. The maximum atomic E-state index is 11.8. The number of hydrogen-bond acceptors (Lipinski definition) is 4. The van der Waals surface area contributed by atoms with Crippen LogP contribution in [0.5, 0.6) is 0 Å². The van der Waals surface area contributed by atoms with Crippen molar-refractivity contribution in [3.05, 3.63) is 30.3 Å². The quantitative estimate of drug-likeness (QED) is 0.807. The highest BCUT2D eigenvalue weighted by Gasteiger charge is 2.33. The predicted octanol–water partition coefficient (Wildman–Crippen LogP) is 3.00. The maximum Gasteiger partial charge on any atom is 0.152 e. The summed E-state index contributed by atoms with van der Waals surface area (Å²) >= 11 is 0. The molecule has 1 heterocycles. The maximum absolute atomic E-state index is 11.8. The van der Waals surface area contributed by atoms with Crippen molar-refractivity contribution in [3.63, 3.8) is 0 Å². The number of para-hydroxylation sites is 1. The highest BCUT2D eigenvalue weighted by Crippen LogP contribution is 2.26. The van der Waals surface area contributed by atoms with Gasteiger partial charge >= 0.3 is 0 Å². The van der Waals surface area contributed by atoms with Crippen molar-refractivity contribution in [1.82, 2.24) is 0 Å². The van der Waals surface area contributed by atoms with Gasteiger partial charge in [0, 0.05) is 5.71 Å². The lowest BCUT2D eigenvalue weighted by atomic mass is 9.99. The molecule has 3 rings (SSSR count). The van der Waals surface area contributed by atoms with Crippen LogP contribution in [0, 0.1) is 0 Å². The van der Waals surface area contributed by atoms with Gasteiger partial charge in [-0.1, -0.05) is 24.6 Å². The molecule has 0 spiro atoms. The van der Waals surface area contributed by atoms with Crippen LogP contribution in [0.15, 0.2) is 35.4 Å². The Bertz CT molecular complexity index is 602. The smallest absolute Gasteiger partial charge is 0.152 e. The summed E-state index contributed by atoms with van der Waals surface area (Å²) in [5, 5.41) is 6.80. The second-order valence-electron chi connectivity index (χ2n) is 5.96. The van der Waals surface area contributed by atoms with E-state index in [9.17, 15) is 8.42 Å². The van der Waals surface area contributed by atoms with Crippen LogP contribution in [-0.2, 0) is 9.84 Å². The molecule has 0 bridgehead atoms. The van der Waals surface area contributed by atoms with Gasteiger partial charge in [0.25, 0.3) is 0 Å². The van der Waals surface area contributed by atoms with E-state index in [4.69, 9.17) is 5.10 Å². The van der Waals surface area contributed by atoms with Gasteiger partial charge in [0.1, 0.15) is 0 Å². The van der Waals surface area contributed by atoms with E-state index in [0.29, 0.717) is 6.42 Å². The lowest BCUT2D eigenvalue weighted by Crippen LogP contribution is -2.33. The van der Waals surface area contributed by atoms with Crippen molar-refractivity contribution < 1.29 is 8.42 Å². The Balaban J connectivity index is 1.88. The second kappa shape index (κ2) is 6.18. The number of hydrazone groups is 1. The van der Waals surface area contributed by atoms with Crippen LogP contribution in [0.1, 0.15) is 38.5 Å². The third-order valence-electron chi connectivity index (χ3n) is 4.25. The first kappa shape index (κ1) is 14.6. The predicted molar refractivity (Wildman–Crippen MR) is 86.5 cm³/mol. The van der Waals surface area contributed by atoms with Crippen LogP contribution in [0.25, 0.3) is 0 Å². The number of anilines is 1. The standard InChI is InChI=1S/C16H22N2O2S/c19-21(20)12-11-16(13-21)18(15-9-5-2-6-10-15)17-14-7-3-1-4-8-14/h2,5-6,9-10,16H,1,3-4,7-8,11-13H2/t16-/m1/s1. The van der Waals surface area contributed by atoms with Crippen molar-refractivity contribution in [2.24, 2.45) is 5.10 Å². The average Bonchev–Trinajstić information content (AvgIpc) is 2.87. The summed E-state index contributed by atoms with van der Waals surface area (Å²) in [5.74, 6) is 0.504. The molecule has 4 nitrogen and oxygen atoms in total. The molecular formula is C16H22N2O2S. The lowest BCUT2D eigenvalue weighted by Gasteiger charge is -2.27. The zero-order chi connectivity index (χ0) is 14.7. The van der Waals surface area contributed by atoms with Crippen LogP contribution in [0.4, 0.5) is 5.69 Å². The molecule has 2 fully saturated rings. The summed E-state index contributed by atoms with van der Waals surface area (Å²) < 4.78 is 23.6. The number of rotatable bonds is 3. The van der Waals surface area contributed by atoms with Crippen LogP contribution < -0.4 is 5.01 Å². The second-order valence-corrected chi connectivity index (χ2v) is 8.19. The summed E-state index contributed by atoms with van der Waals surface area (Å²) in [6, 6.07) is 9.93. The Morgan fingerprint density at radius 2 is 1.76 bits per heavy atom. The fourth-order valence-electron chi connectivity index (χ4n) is 3.11. The van der Waals surface area contributed by atoms with Crippen LogP contribution in [0.3, 0.4) is 0 Å². The fraction of sp³-hybridized carbons (Fsp3) is 0.562. The van der Waals surface area contributed by atoms with Crippen molar-refractivity contribution in [1.29, 1.82) is 0 Å². The summed E-state index contributed by atoms with van der Waals surface area (Å²) in [4.78, 5) is 0. The van der Waals surface area contributed by atoms with E-state index >= 15 is 0 Å². The van der Waals surface area contributed by atoms with Gasteiger partial charge in [0.15, 0.2) is 9.84 Å². The van der Waals surface area contributed by atoms with E-state index in [1.165, 1.54) is 25.0 Å². The fourth-order valence-corrected chi connectivity index (χ4v) is 4.80. The van der Waals surface area contributed by atoms with Gasteiger partial charge in [0.2, 0.25) is 0 Å². The number of sulfone groups is 1. The summed E-state index contributed by atoms with van der Waals surface area (Å²) in [6.45, 7) is 0. The zero-order valence-corrected chi connectivity index (χ0v) is 13.1. The zero-order valence-electron chi connectivity index (χ0n) is 12.2. The van der Waals surface area contributed by atoms with E-state index in [2.05, 4.69) is 0 Å². The first-order chi connectivity index (χ1) is 10.1. The molecule has 1 aromatic carbocycles. The van der Waals surface area contributed by atoms with E-state index in [0.717, 1.165) is 18.5 Å². The Morgan fingerprint density at radius 1 is 1.05 bits per heavy atom. The molecule has 0 amide bonds. The van der Waals surface area contributed by atoms with E-state index in [1.54, 1.807) is 0 Å². The number of hydrogen-bond donors (Lipinski definition) is 0. The molecule has 1 saturated heterocycles. The van der Waals surface area contributed by atoms with Gasteiger partial charge in [-0.2, -0.15) is 5.10 Å². The van der Waals surface area contributed by atoms with Crippen molar-refractivity contribution in [3.8, 4) is 0 Å². The third kappa shape index (κ3) is 3.64. The Morgan fingerprint density at radius 3 is 2.38 bits per heavy atom. The molecule has 1 aromatic rings. The van der Waals surface area contributed by atoms with E-state index in [-0.39, 0.29) is 17.5 Å². The number of nitrogens with zero attached hydrogens (tertiary/aromatic N) is 2. The minimum atomic E-state index is -2.90. The van der Waals surface area contributed by atoms with Crippen LogP contribution in [0.2, 0.25) is 0 Å². The summed E-state index contributed by atoms with van der Waals surface area (Å²) in [6.07, 6.45) is 6.44. The van der Waals surface area contributed by atoms with Gasteiger partial charge in [0.05, 0.1) is 23.2 Å². The van der Waals surface area contributed by atoms with Crippen molar-refractivity contribution in [2.45, 2.75) is 44.6 Å². The van der Waals surface area contributed by atoms with Crippen molar-refractivity contribution >= 4 is 21.2 Å². The molecule has 5 heteroatoms. The van der Waals surface area contributed by atoms with Gasteiger partial charge in [-0.25, -0.2) is 8.42 Å². The summed E-state index contributed by atoms with van der Waals surface area (Å²) in [7, 11) is -2.90. The lowest BCUT2D eigenvalue weighted by molar-refractivity contribution is 0.599. The molecule has 1 saturated carbocycles. The van der Waals surface area contributed by atoms with Gasteiger partial charge < -0.3 is 0 Å². The molecule has 21 heavy (non-hydrogen) atoms. The topological polar surface area (TPSA) is 49.7 Å². The molecule has 1 atom stereocenters. The molecule has 0 N–H and O–H groups in total. The first-order valence-electron chi connectivity index (χ1n) is 7.75. The molecule has 0 radical (unpaired) electrons. The monoisotopic (exact) mass is 306 g/mol. The van der Waals surface area contributed by atoms with E-state index in [1.807, 2.05) is 35.3 Å². The summed E-state index contributed by atoms with van der Waals surface area (Å²) in [5.41, 5.74) is 2.21. The Labute approximate surface area is 126 Å². The third-order valence-corrected chi connectivity index (χ3v) is 6.01. The van der Waals surface area contributed by atoms with Crippen LogP contribution >= 0.6 is 0 Å². The SMILES string of the molecule is O=S1(=O)CC[C@@H](N(N=C2CCCCC2)c2ccccc2)C1. The normalized spacial score (nSPS) is 24.8. The number of benzene rings is 1. The largest absolute Gasteiger partial charge is 0.261 e. The molecule has 0 unspecified atom stereocenters. The molecular weight excluding hydrogens is 284 g/mol. The molecule has 0 aromatic heterocycles. The molecule has 1 aliphatic heterocycles. The van der Waals surface area contributed by atoms with Gasteiger partial charge in [-0.3, -0.25) is 5.01 Å². The molecule has 114 valence electrons. The minimum absolute atomic E-state index is 0.0215. The highest BCUT2D eigenvalue weighted by atomic mass is 32.2. The van der Waals surface area contributed by atoms with Crippen LogP contribution in [-0.4, -0.2) is 31.7 Å². The van der Waals surface area contributed by atoms with Crippen molar-refractivity contribution in [2.75, 3.05) is 16.5 Å².